The number of piperidine rings is 1. The zero-order chi connectivity index (χ0) is 20.3. The molecule has 0 N–H and O–H groups in total. The molecule has 150 valence electrons. The number of rotatable bonds is 5. The molecule has 1 aromatic carbocycles. The second kappa shape index (κ2) is 8.65. The quantitative estimate of drug-likeness (QED) is 0.559. The summed E-state index contributed by atoms with van der Waals surface area (Å²) < 4.78 is 15.8. The van der Waals surface area contributed by atoms with Crippen LogP contribution in [0.3, 0.4) is 0 Å². The number of hydrogen-bond acceptors (Lipinski definition) is 6. The molecule has 0 aliphatic carbocycles. The van der Waals surface area contributed by atoms with Crippen LogP contribution in [0.1, 0.15) is 25.3 Å². The fraction of sp³-hybridized carbons (Fsp3) is 0.450. The van der Waals surface area contributed by atoms with E-state index in [0.29, 0.717) is 48.5 Å². The van der Waals surface area contributed by atoms with Crippen molar-refractivity contribution in [3.8, 4) is 5.75 Å². The van der Waals surface area contributed by atoms with Gasteiger partial charge in [-0.3, -0.25) is 9.59 Å². The minimum absolute atomic E-state index is 0.161. The molecule has 0 saturated carbocycles. The zero-order valence-corrected chi connectivity index (χ0v) is 16.6. The maximum absolute atomic E-state index is 12.4. The summed E-state index contributed by atoms with van der Waals surface area (Å²) in [5, 5.41) is 1.04. The standard InChI is InChI=1S/C20H22ClNO6/c1-3-26-20(25)13-4-6-22(7-5-13)18(23)11-27-17-10-16-14(9-15(17)21)12(2)8-19(24)28-16/h8-10,13H,3-7,11H2,1-2H3. The van der Waals surface area contributed by atoms with Gasteiger partial charge in [-0.1, -0.05) is 11.6 Å². The van der Waals surface area contributed by atoms with E-state index in [1.807, 2.05) is 0 Å². The summed E-state index contributed by atoms with van der Waals surface area (Å²) in [6.07, 6.45) is 1.15. The van der Waals surface area contributed by atoms with Crippen molar-refractivity contribution in [3.63, 3.8) is 0 Å². The van der Waals surface area contributed by atoms with Crippen LogP contribution >= 0.6 is 11.6 Å². The third kappa shape index (κ3) is 4.47. The number of nitrogens with zero attached hydrogens (tertiary/aromatic N) is 1. The minimum atomic E-state index is -0.459. The van der Waals surface area contributed by atoms with Gasteiger partial charge in [0.05, 0.1) is 17.5 Å². The van der Waals surface area contributed by atoms with Crippen molar-refractivity contribution >= 4 is 34.4 Å². The van der Waals surface area contributed by atoms with Crippen molar-refractivity contribution in [2.45, 2.75) is 26.7 Å². The Balaban J connectivity index is 1.61. The molecule has 0 atom stereocenters. The van der Waals surface area contributed by atoms with Crippen LogP contribution in [0, 0.1) is 12.8 Å². The first-order chi connectivity index (χ1) is 13.4. The fourth-order valence-corrected chi connectivity index (χ4v) is 3.50. The number of likely N-dealkylation sites (tertiary alicyclic amines) is 1. The normalized spacial score (nSPS) is 14.9. The number of carbonyl (C=O) groups excluding carboxylic acids is 2. The maximum atomic E-state index is 12.4. The molecule has 0 bridgehead atoms. The van der Waals surface area contributed by atoms with E-state index >= 15 is 0 Å². The van der Waals surface area contributed by atoms with Gasteiger partial charge in [-0.15, -0.1) is 0 Å². The number of halogens is 1. The SMILES string of the molecule is CCOC(=O)C1CCN(C(=O)COc2cc3oc(=O)cc(C)c3cc2Cl)CC1. The van der Waals surface area contributed by atoms with Crippen LogP contribution in [0.15, 0.2) is 27.4 Å². The molecule has 1 aromatic heterocycles. The fourth-order valence-electron chi connectivity index (χ4n) is 3.29. The maximum Gasteiger partial charge on any atom is 0.336 e. The Kier molecular flexibility index (Phi) is 6.24. The summed E-state index contributed by atoms with van der Waals surface area (Å²) in [4.78, 5) is 37.4. The first-order valence-electron chi connectivity index (χ1n) is 9.20. The van der Waals surface area contributed by atoms with E-state index in [9.17, 15) is 14.4 Å². The smallest absolute Gasteiger partial charge is 0.336 e. The number of esters is 1. The van der Waals surface area contributed by atoms with Crippen molar-refractivity contribution in [1.82, 2.24) is 4.90 Å². The third-order valence-electron chi connectivity index (χ3n) is 4.82. The van der Waals surface area contributed by atoms with E-state index in [0.717, 1.165) is 5.56 Å². The molecule has 2 heterocycles. The highest BCUT2D eigenvalue weighted by Gasteiger charge is 2.28. The van der Waals surface area contributed by atoms with Crippen LogP contribution in [0.5, 0.6) is 5.75 Å². The average Bonchev–Trinajstić information content (AvgIpc) is 2.67. The first kappa shape index (κ1) is 20.2. The Bertz CT molecular complexity index is 946. The lowest BCUT2D eigenvalue weighted by atomic mass is 9.97. The molecule has 0 radical (unpaired) electrons. The Labute approximate surface area is 167 Å². The number of carbonyl (C=O) groups is 2. The Morgan fingerprint density at radius 3 is 2.64 bits per heavy atom. The summed E-state index contributed by atoms with van der Waals surface area (Å²) in [5.74, 6) is -0.279. The van der Waals surface area contributed by atoms with Crippen LogP contribution in [0.25, 0.3) is 11.0 Å². The van der Waals surface area contributed by atoms with E-state index in [1.54, 1.807) is 24.8 Å². The number of fused-ring (bicyclic) bond motifs is 1. The van der Waals surface area contributed by atoms with Gasteiger partial charge in [-0.25, -0.2) is 4.79 Å². The predicted octanol–water partition coefficient (Wildman–Crippen LogP) is 2.94. The highest BCUT2D eigenvalue weighted by Crippen LogP contribution is 2.31. The van der Waals surface area contributed by atoms with E-state index in [4.69, 9.17) is 25.5 Å². The number of hydrogen-bond donors (Lipinski definition) is 0. The molecule has 8 heteroatoms. The molecular weight excluding hydrogens is 386 g/mol. The second-order valence-electron chi connectivity index (χ2n) is 6.72. The molecular formula is C20H22ClNO6. The molecule has 3 rings (SSSR count). The molecule has 1 aliphatic heterocycles. The molecule has 1 saturated heterocycles. The highest BCUT2D eigenvalue weighted by molar-refractivity contribution is 6.32. The predicted molar refractivity (Wildman–Crippen MR) is 104 cm³/mol. The lowest BCUT2D eigenvalue weighted by molar-refractivity contribution is -0.151. The Morgan fingerprint density at radius 2 is 1.96 bits per heavy atom. The molecule has 1 aliphatic rings. The molecule has 0 unspecified atom stereocenters. The van der Waals surface area contributed by atoms with Crippen LogP contribution in [-0.4, -0.2) is 43.1 Å². The highest BCUT2D eigenvalue weighted by atomic mass is 35.5. The summed E-state index contributed by atoms with van der Waals surface area (Å²) in [6, 6.07) is 4.56. The van der Waals surface area contributed by atoms with Crippen molar-refractivity contribution < 1.29 is 23.5 Å². The third-order valence-corrected chi connectivity index (χ3v) is 5.12. The zero-order valence-electron chi connectivity index (χ0n) is 15.8. The van der Waals surface area contributed by atoms with E-state index in [1.165, 1.54) is 12.1 Å². The molecule has 28 heavy (non-hydrogen) atoms. The molecule has 1 fully saturated rings. The van der Waals surface area contributed by atoms with Crippen molar-refractivity contribution in [2.24, 2.45) is 5.92 Å². The van der Waals surface area contributed by atoms with Gasteiger partial charge in [0.1, 0.15) is 11.3 Å². The number of aryl methyl sites for hydroxylation is 1. The van der Waals surface area contributed by atoms with Gasteiger partial charge in [-0.05, 0) is 38.3 Å². The number of benzene rings is 1. The second-order valence-corrected chi connectivity index (χ2v) is 7.13. The van der Waals surface area contributed by atoms with E-state index < -0.39 is 5.63 Å². The van der Waals surface area contributed by atoms with Crippen LogP contribution < -0.4 is 10.4 Å². The molecule has 2 aromatic rings. The summed E-state index contributed by atoms with van der Waals surface area (Å²) in [5.41, 5.74) is 0.645. The van der Waals surface area contributed by atoms with Gasteiger partial charge in [0.25, 0.3) is 5.91 Å². The summed E-state index contributed by atoms with van der Waals surface area (Å²) >= 11 is 6.25. The number of amides is 1. The number of ether oxygens (including phenoxy) is 2. The van der Waals surface area contributed by atoms with Gasteiger partial charge in [0.2, 0.25) is 0 Å². The van der Waals surface area contributed by atoms with E-state index in [2.05, 4.69) is 0 Å². The Morgan fingerprint density at radius 1 is 1.25 bits per heavy atom. The summed E-state index contributed by atoms with van der Waals surface area (Å²) in [7, 11) is 0. The van der Waals surface area contributed by atoms with E-state index in [-0.39, 0.29) is 30.2 Å². The van der Waals surface area contributed by atoms with Gasteiger partial charge in [-0.2, -0.15) is 0 Å². The molecule has 7 nitrogen and oxygen atoms in total. The molecule has 0 spiro atoms. The Hall–Kier alpha value is -2.54. The lowest BCUT2D eigenvalue weighted by Crippen LogP contribution is -2.42. The summed E-state index contributed by atoms with van der Waals surface area (Å²) in [6.45, 7) is 4.69. The van der Waals surface area contributed by atoms with Crippen LogP contribution in [0.4, 0.5) is 0 Å². The van der Waals surface area contributed by atoms with Gasteiger partial charge >= 0.3 is 11.6 Å². The van der Waals surface area contributed by atoms with Gasteiger partial charge in [0.15, 0.2) is 6.61 Å². The van der Waals surface area contributed by atoms with Crippen molar-refractivity contribution in [3.05, 3.63) is 39.2 Å². The minimum Gasteiger partial charge on any atom is -0.482 e. The van der Waals surface area contributed by atoms with Crippen LogP contribution in [-0.2, 0) is 14.3 Å². The average molecular weight is 408 g/mol. The monoisotopic (exact) mass is 407 g/mol. The van der Waals surface area contributed by atoms with Gasteiger partial charge < -0.3 is 18.8 Å². The topological polar surface area (TPSA) is 86.1 Å². The van der Waals surface area contributed by atoms with Crippen molar-refractivity contribution in [1.29, 1.82) is 0 Å². The first-order valence-corrected chi connectivity index (χ1v) is 9.58. The van der Waals surface area contributed by atoms with Gasteiger partial charge in [0, 0.05) is 30.6 Å². The molecule has 1 amide bonds. The lowest BCUT2D eigenvalue weighted by Gasteiger charge is -2.30. The largest absolute Gasteiger partial charge is 0.482 e. The van der Waals surface area contributed by atoms with Crippen molar-refractivity contribution in [2.75, 3.05) is 26.3 Å². The van der Waals surface area contributed by atoms with Crippen LogP contribution in [0.2, 0.25) is 5.02 Å².